The highest BCUT2D eigenvalue weighted by Crippen LogP contribution is 2.32. The lowest BCUT2D eigenvalue weighted by Crippen LogP contribution is -2.41. The van der Waals surface area contributed by atoms with E-state index in [1.54, 1.807) is 6.07 Å². The SMILES string of the molecule is COc1ccc(S(=O)(=O)N2CCC(C(=O)Nc3nc(C)cs3)CC2)cc1OC. The van der Waals surface area contributed by atoms with Crippen LogP contribution in [0.4, 0.5) is 5.13 Å². The second-order valence-corrected chi connectivity index (χ2v) is 9.27. The summed E-state index contributed by atoms with van der Waals surface area (Å²) in [7, 11) is -0.713. The second kappa shape index (κ2) is 8.46. The quantitative estimate of drug-likeness (QED) is 0.764. The maximum absolute atomic E-state index is 12.9. The van der Waals surface area contributed by atoms with Gasteiger partial charge in [-0.15, -0.1) is 11.3 Å². The number of piperidine rings is 1. The molecule has 0 aliphatic carbocycles. The lowest BCUT2D eigenvalue weighted by molar-refractivity contribution is -0.120. The topological polar surface area (TPSA) is 97.8 Å². The van der Waals surface area contributed by atoms with Gasteiger partial charge in [-0.2, -0.15) is 4.31 Å². The van der Waals surface area contributed by atoms with E-state index in [2.05, 4.69) is 10.3 Å². The van der Waals surface area contributed by atoms with Crippen LogP contribution in [0, 0.1) is 12.8 Å². The summed E-state index contributed by atoms with van der Waals surface area (Å²) in [6.45, 7) is 2.43. The van der Waals surface area contributed by atoms with Crippen LogP contribution >= 0.6 is 11.3 Å². The fraction of sp³-hybridized carbons (Fsp3) is 0.444. The first-order chi connectivity index (χ1) is 13.3. The Labute approximate surface area is 168 Å². The number of nitrogens with zero attached hydrogens (tertiary/aromatic N) is 2. The summed E-state index contributed by atoms with van der Waals surface area (Å²) in [5, 5.41) is 5.26. The maximum atomic E-state index is 12.9. The number of amides is 1. The van der Waals surface area contributed by atoms with Gasteiger partial charge in [-0.3, -0.25) is 4.79 Å². The fourth-order valence-electron chi connectivity index (χ4n) is 3.10. The summed E-state index contributed by atoms with van der Waals surface area (Å²) in [6.07, 6.45) is 0.922. The number of nitrogens with one attached hydrogen (secondary N) is 1. The predicted octanol–water partition coefficient (Wildman–Crippen LogP) is 2.51. The van der Waals surface area contributed by atoms with Crippen molar-refractivity contribution in [3.05, 3.63) is 29.3 Å². The molecule has 1 aromatic heterocycles. The Hall–Kier alpha value is -2.17. The van der Waals surface area contributed by atoms with Crippen LogP contribution in [-0.2, 0) is 14.8 Å². The molecule has 28 heavy (non-hydrogen) atoms. The van der Waals surface area contributed by atoms with E-state index in [9.17, 15) is 13.2 Å². The number of ether oxygens (including phenoxy) is 2. The Morgan fingerprint density at radius 3 is 2.46 bits per heavy atom. The molecule has 1 aliphatic rings. The van der Waals surface area contributed by atoms with Crippen molar-refractivity contribution >= 4 is 32.4 Å². The molecule has 0 spiro atoms. The lowest BCUT2D eigenvalue weighted by atomic mass is 9.97. The maximum Gasteiger partial charge on any atom is 0.243 e. The van der Waals surface area contributed by atoms with E-state index in [1.165, 1.54) is 42.0 Å². The number of thiazole rings is 1. The molecule has 10 heteroatoms. The van der Waals surface area contributed by atoms with Gasteiger partial charge in [0.05, 0.1) is 24.8 Å². The number of anilines is 1. The van der Waals surface area contributed by atoms with Crippen LogP contribution in [-0.4, -0.2) is 50.9 Å². The molecule has 1 amide bonds. The molecule has 0 unspecified atom stereocenters. The highest BCUT2D eigenvalue weighted by molar-refractivity contribution is 7.89. The van der Waals surface area contributed by atoms with Gasteiger partial charge in [0.15, 0.2) is 16.6 Å². The first-order valence-corrected chi connectivity index (χ1v) is 11.1. The number of aromatic nitrogens is 1. The van der Waals surface area contributed by atoms with Crippen molar-refractivity contribution in [1.82, 2.24) is 9.29 Å². The summed E-state index contributed by atoms with van der Waals surface area (Å²) >= 11 is 1.38. The largest absolute Gasteiger partial charge is 0.493 e. The van der Waals surface area contributed by atoms with Gasteiger partial charge in [-0.05, 0) is 31.9 Å². The van der Waals surface area contributed by atoms with E-state index in [-0.39, 0.29) is 29.8 Å². The van der Waals surface area contributed by atoms with Crippen LogP contribution < -0.4 is 14.8 Å². The van der Waals surface area contributed by atoms with Crippen molar-refractivity contribution in [3.8, 4) is 11.5 Å². The third kappa shape index (κ3) is 4.29. The molecule has 0 radical (unpaired) electrons. The highest BCUT2D eigenvalue weighted by atomic mass is 32.2. The van der Waals surface area contributed by atoms with E-state index in [4.69, 9.17) is 9.47 Å². The number of carbonyl (C=O) groups excluding carboxylic acids is 1. The summed E-state index contributed by atoms with van der Waals surface area (Å²) < 4.78 is 37.7. The molecule has 3 rings (SSSR count). The molecule has 8 nitrogen and oxygen atoms in total. The van der Waals surface area contributed by atoms with Crippen LogP contribution in [0.3, 0.4) is 0 Å². The minimum absolute atomic E-state index is 0.113. The Kier molecular flexibility index (Phi) is 6.21. The average Bonchev–Trinajstić information content (AvgIpc) is 3.11. The number of benzene rings is 1. The first-order valence-electron chi connectivity index (χ1n) is 8.80. The Bertz CT molecular complexity index is 950. The molecule has 1 aromatic carbocycles. The van der Waals surface area contributed by atoms with Gasteiger partial charge in [0, 0.05) is 30.5 Å². The predicted molar refractivity (Wildman–Crippen MR) is 107 cm³/mol. The number of rotatable bonds is 6. The van der Waals surface area contributed by atoms with E-state index < -0.39 is 10.0 Å². The molecule has 0 saturated carbocycles. The minimum atomic E-state index is -3.67. The minimum Gasteiger partial charge on any atom is -0.493 e. The zero-order valence-electron chi connectivity index (χ0n) is 16.0. The van der Waals surface area contributed by atoms with Gasteiger partial charge in [0.1, 0.15) is 0 Å². The summed E-state index contributed by atoms with van der Waals surface area (Å²) in [6, 6.07) is 4.53. The Morgan fingerprint density at radius 2 is 1.89 bits per heavy atom. The van der Waals surface area contributed by atoms with E-state index in [0.717, 1.165) is 5.69 Å². The summed E-state index contributed by atoms with van der Waals surface area (Å²) in [4.78, 5) is 16.8. The summed E-state index contributed by atoms with van der Waals surface area (Å²) in [5.41, 5.74) is 0.858. The molecular formula is C18H23N3O5S2. The molecule has 1 fully saturated rings. The molecule has 2 heterocycles. The number of carbonyl (C=O) groups is 1. The average molecular weight is 426 g/mol. The van der Waals surface area contributed by atoms with E-state index >= 15 is 0 Å². The van der Waals surface area contributed by atoms with Crippen LogP contribution in [0.1, 0.15) is 18.5 Å². The number of hydrogen-bond acceptors (Lipinski definition) is 7. The third-order valence-electron chi connectivity index (χ3n) is 4.67. The number of hydrogen-bond donors (Lipinski definition) is 1. The molecular weight excluding hydrogens is 402 g/mol. The van der Waals surface area contributed by atoms with Gasteiger partial charge < -0.3 is 14.8 Å². The van der Waals surface area contributed by atoms with Crippen LogP contribution in [0.5, 0.6) is 11.5 Å². The third-order valence-corrected chi connectivity index (χ3v) is 7.44. The van der Waals surface area contributed by atoms with Gasteiger partial charge in [0.2, 0.25) is 15.9 Å². The van der Waals surface area contributed by atoms with Crippen molar-refractivity contribution in [2.75, 3.05) is 32.6 Å². The molecule has 2 aromatic rings. The molecule has 1 aliphatic heterocycles. The monoisotopic (exact) mass is 425 g/mol. The van der Waals surface area contributed by atoms with Crippen molar-refractivity contribution in [2.24, 2.45) is 5.92 Å². The van der Waals surface area contributed by atoms with Crippen molar-refractivity contribution in [3.63, 3.8) is 0 Å². The zero-order valence-corrected chi connectivity index (χ0v) is 17.6. The van der Waals surface area contributed by atoms with Gasteiger partial charge in [-0.25, -0.2) is 13.4 Å². The smallest absolute Gasteiger partial charge is 0.243 e. The molecule has 1 saturated heterocycles. The zero-order chi connectivity index (χ0) is 20.3. The van der Waals surface area contributed by atoms with Crippen molar-refractivity contribution in [2.45, 2.75) is 24.7 Å². The van der Waals surface area contributed by atoms with Crippen LogP contribution in [0.15, 0.2) is 28.5 Å². The number of methoxy groups -OCH3 is 2. The van der Waals surface area contributed by atoms with Gasteiger partial charge >= 0.3 is 0 Å². The highest BCUT2D eigenvalue weighted by Gasteiger charge is 2.32. The summed E-state index contributed by atoms with van der Waals surface area (Å²) in [5.74, 6) is 0.476. The standard InChI is InChI=1S/C18H23N3O5S2/c1-12-11-27-18(19-12)20-17(22)13-6-8-21(9-7-13)28(23,24)14-4-5-15(25-2)16(10-14)26-3/h4-5,10-11,13H,6-9H2,1-3H3,(H,19,20,22). The number of aryl methyl sites for hydroxylation is 1. The molecule has 0 atom stereocenters. The van der Waals surface area contributed by atoms with E-state index in [0.29, 0.717) is 29.5 Å². The molecule has 1 N–H and O–H groups in total. The molecule has 152 valence electrons. The van der Waals surface area contributed by atoms with Gasteiger partial charge in [0.25, 0.3) is 0 Å². The lowest BCUT2D eigenvalue weighted by Gasteiger charge is -2.30. The van der Waals surface area contributed by atoms with E-state index in [1.807, 2.05) is 12.3 Å². The van der Waals surface area contributed by atoms with Crippen LogP contribution in [0.2, 0.25) is 0 Å². The normalized spacial score (nSPS) is 16.0. The molecule has 0 bridgehead atoms. The fourth-order valence-corrected chi connectivity index (χ4v) is 5.28. The van der Waals surface area contributed by atoms with Crippen molar-refractivity contribution in [1.29, 1.82) is 0 Å². The number of sulfonamides is 1. The Balaban J connectivity index is 1.65. The van der Waals surface area contributed by atoms with Gasteiger partial charge in [-0.1, -0.05) is 0 Å². The van der Waals surface area contributed by atoms with Crippen LogP contribution in [0.25, 0.3) is 0 Å². The first kappa shape index (κ1) is 20.6. The van der Waals surface area contributed by atoms with Crippen molar-refractivity contribution < 1.29 is 22.7 Å². The Morgan fingerprint density at radius 1 is 1.21 bits per heavy atom. The second-order valence-electron chi connectivity index (χ2n) is 6.48.